The van der Waals surface area contributed by atoms with E-state index >= 15 is 0 Å². The van der Waals surface area contributed by atoms with Crippen LogP contribution in [0.4, 0.5) is 0 Å². The largest absolute Gasteiger partial charge is 0.431 e. The average molecular weight is 237 g/mol. The number of nitrogens with zero attached hydrogens (tertiary/aromatic N) is 1. The first-order chi connectivity index (χ1) is 8.31. The molecule has 17 heavy (non-hydrogen) atoms. The van der Waals surface area contributed by atoms with E-state index in [1.807, 2.05) is 0 Å². The summed E-state index contributed by atoms with van der Waals surface area (Å²) < 4.78 is 4.92. The number of hydrogen-bond donors (Lipinski definition) is 1. The van der Waals surface area contributed by atoms with Gasteiger partial charge in [0.2, 0.25) is 0 Å². The molecule has 0 saturated carbocycles. The van der Waals surface area contributed by atoms with E-state index in [1.54, 1.807) is 6.07 Å². The average Bonchev–Trinajstić information content (AvgIpc) is 2.35. The van der Waals surface area contributed by atoms with Gasteiger partial charge in [0.15, 0.2) is 0 Å². The van der Waals surface area contributed by atoms with Gasteiger partial charge in [0.25, 0.3) is 0 Å². The molecule has 94 valence electrons. The Kier molecular flexibility index (Phi) is 4.34. The van der Waals surface area contributed by atoms with Gasteiger partial charge in [-0.3, -0.25) is 4.90 Å². The Morgan fingerprint density at radius 2 is 2.06 bits per heavy atom. The Labute approximate surface area is 101 Å². The Bertz CT molecular complexity index is 407. The molecule has 0 bridgehead atoms. The van der Waals surface area contributed by atoms with E-state index in [4.69, 9.17) is 9.52 Å². The fourth-order valence-corrected chi connectivity index (χ4v) is 2.34. The maximum atomic E-state index is 11.7. The minimum absolute atomic E-state index is 0.0659. The summed E-state index contributed by atoms with van der Waals surface area (Å²) in [4.78, 5) is 14.0. The van der Waals surface area contributed by atoms with Crippen LogP contribution in [0.15, 0.2) is 21.5 Å². The maximum absolute atomic E-state index is 11.7. The number of piperidine rings is 1. The highest BCUT2D eigenvalue weighted by Gasteiger charge is 2.15. The van der Waals surface area contributed by atoms with Gasteiger partial charge in [-0.1, -0.05) is 6.42 Å². The zero-order valence-electron chi connectivity index (χ0n) is 10.0. The summed E-state index contributed by atoms with van der Waals surface area (Å²) in [5.74, 6) is 0. The molecule has 1 aromatic heterocycles. The van der Waals surface area contributed by atoms with Crippen LogP contribution in [0.5, 0.6) is 0 Å². The van der Waals surface area contributed by atoms with Gasteiger partial charge in [0, 0.05) is 13.2 Å². The summed E-state index contributed by atoms with van der Waals surface area (Å²) in [5.41, 5.74) is 1.36. The van der Waals surface area contributed by atoms with Gasteiger partial charge in [0.1, 0.15) is 0 Å². The molecular formula is C13H19NO3. The van der Waals surface area contributed by atoms with Crippen molar-refractivity contribution < 1.29 is 9.52 Å². The minimum atomic E-state index is -0.262. The first-order valence-electron chi connectivity index (χ1n) is 6.24. The molecule has 1 aliphatic heterocycles. The Morgan fingerprint density at radius 1 is 1.29 bits per heavy atom. The highest BCUT2D eigenvalue weighted by atomic mass is 16.4. The van der Waals surface area contributed by atoms with Gasteiger partial charge in [0.05, 0.1) is 11.8 Å². The van der Waals surface area contributed by atoms with E-state index in [-0.39, 0.29) is 12.2 Å². The highest BCUT2D eigenvalue weighted by molar-refractivity contribution is 5.22. The second-order valence-electron chi connectivity index (χ2n) is 4.52. The van der Waals surface area contributed by atoms with Gasteiger partial charge in [-0.2, -0.15) is 0 Å². The van der Waals surface area contributed by atoms with Crippen molar-refractivity contribution in [1.29, 1.82) is 0 Å². The molecule has 4 heteroatoms. The van der Waals surface area contributed by atoms with Crippen LogP contribution in [0.3, 0.4) is 0 Å². The van der Waals surface area contributed by atoms with Crippen LogP contribution in [0.25, 0.3) is 0 Å². The van der Waals surface area contributed by atoms with E-state index in [1.165, 1.54) is 25.5 Å². The van der Waals surface area contributed by atoms with Crippen molar-refractivity contribution in [1.82, 2.24) is 4.90 Å². The quantitative estimate of drug-likeness (QED) is 0.853. The van der Waals surface area contributed by atoms with Crippen LogP contribution in [0.1, 0.15) is 30.4 Å². The second kappa shape index (κ2) is 5.98. The van der Waals surface area contributed by atoms with Crippen LogP contribution < -0.4 is 5.63 Å². The third-order valence-corrected chi connectivity index (χ3v) is 3.29. The SMILES string of the molecule is O=c1occc(CCO)c1CN1CCCCC1. The summed E-state index contributed by atoms with van der Waals surface area (Å²) in [6.07, 6.45) is 5.62. The summed E-state index contributed by atoms with van der Waals surface area (Å²) >= 11 is 0. The van der Waals surface area contributed by atoms with Gasteiger partial charge < -0.3 is 9.52 Å². The normalized spacial score (nSPS) is 17.2. The molecule has 1 aliphatic rings. The molecule has 0 amide bonds. The Balaban J connectivity index is 2.15. The van der Waals surface area contributed by atoms with Crippen LogP contribution in [-0.4, -0.2) is 29.7 Å². The molecule has 0 radical (unpaired) electrons. The number of likely N-dealkylation sites (tertiary alicyclic amines) is 1. The number of aliphatic hydroxyl groups is 1. The second-order valence-corrected chi connectivity index (χ2v) is 4.52. The molecule has 1 saturated heterocycles. The topological polar surface area (TPSA) is 53.7 Å². The first kappa shape index (κ1) is 12.3. The standard InChI is InChI=1S/C13H19NO3/c15-8-4-11-5-9-17-13(16)12(11)10-14-6-2-1-3-7-14/h5,9,15H,1-4,6-8,10H2. The van der Waals surface area contributed by atoms with Gasteiger partial charge in [-0.05, 0) is 44.0 Å². The lowest BCUT2D eigenvalue weighted by Gasteiger charge is -2.26. The van der Waals surface area contributed by atoms with Crippen molar-refractivity contribution in [3.63, 3.8) is 0 Å². The van der Waals surface area contributed by atoms with Crippen LogP contribution in [0, 0.1) is 0 Å². The number of aliphatic hydroxyl groups excluding tert-OH is 1. The predicted octanol–water partition coefficient (Wildman–Crippen LogP) is 1.16. The predicted molar refractivity (Wildman–Crippen MR) is 64.9 cm³/mol. The summed E-state index contributed by atoms with van der Waals surface area (Å²) in [5, 5.41) is 8.99. The van der Waals surface area contributed by atoms with Crippen molar-refractivity contribution in [3.8, 4) is 0 Å². The lowest BCUT2D eigenvalue weighted by molar-refractivity contribution is 0.216. The van der Waals surface area contributed by atoms with Crippen molar-refractivity contribution >= 4 is 0 Å². The molecular weight excluding hydrogens is 218 g/mol. The fourth-order valence-electron chi connectivity index (χ4n) is 2.34. The number of hydrogen-bond acceptors (Lipinski definition) is 4. The van der Waals surface area contributed by atoms with E-state index in [0.29, 0.717) is 18.5 Å². The van der Waals surface area contributed by atoms with Crippen LogP contribution in [-0.2, 0) is 13.0 Å². The smallest absolute Gasteiger partial charge is 0.340 e. The minimum Gasteiger partial charge on any atom is -0.431 e. The van der Waals surface area contributed by atoms with E-state index in [2.05, 4.69) is 4.90 Å². The van der Waals surface area contributed by atoms with Gasteiger partial charge >= 0.3 is 5.63 Å². The highest BCUT2D eigenvalue weighted by Crippen LogP contribution is 2.14. The van der Waals surface area contributed by atoms with Gasteiger partial charge in [-0.25, -0.2) is 4.79 Å². The zero-order chi connectivity index (χ0) is 12.1. The molecule has 2 rings (SSSR count). The molecule has 0 aliphatic carbocycles. The summed E-state index contributed by atoms with van der Waals surface area (Å²) in [6.45, 7) is 2.81. The fraction of sp³-hybridized carbons (Fsp3) is 0.615. The lowest BCUT2D eigenvalue weighted by atomic mass is 10.1. The summed E-state index contributed by atoms with van der Waals surface area (Å²) in [6, 6.07) is 1.79. The molecule has 4 nitrogen and oxygen atoms in total. The van der Waals surface area contributed by atoms with Crippen molar-refractivity contribution in [2.45, 2.75) is 32.2 Å². The molecule has 2 heterocycles. The van der Waals surface area contributed by atoms with Crippen LogP contribution in [0.2, 0.25) is 0 Å². The summed E-state index contributed by atoms with van der Waals surface area (Å²) in [7, 11) is 0. The molecule has 1 N–H and O–H groups in total. The third kappa shape index (κ3) is 3.17. The molecule has 1 aromatic rings. The number of rotatable bonds is 4. The first-order valence-corrected chi connectivity index (χ1v) is 6.24. The molecule has 0 spiro atoms. The lowest BCUT2D eigenvalue weighted by Crippen LogP contribution is -2.31. The van der Waals surface area contributed by atoms with E-state index in [9.17, 15) is 4.79 Å². The molecule has 0 atom stereocenters. The van der Waals surface area contributed by atoms with Crippen molar-refractivity contribution in [3.05, 3.63) is 33.9 Å². The molecule has 1 fully saturated rings. The molecule has 0 unspecified atom stereocenters. The van der Waals surface area contributed by atoms with E-state index in [0.717, 1.165) is 18.7 Å². The molecule has 0 aromatic carbocycles. The van der Waals surface area contributed by atoms with Gasteiger partial charge in [-0.15, -0.1) is 0 Å². The van der Waals surface area contributed by atoms with Crippen molar-refractivity contribution in [2.75, 3.05) is 19.7 Å². The maximum Gasteiger partial charge on any atom is 0.340 e. The van der Waals surface area contributed by atoms with E-state index < -0.39 is 0 Å². The third-order valence-electron chi connectivity index (χ3n) is 3.29. The monoisotopic (exact) mass is 237 g/mol. The van der Waals surface area contributed by atoms with Crippen LogP contribution >= 0.6 is 0 Å². The Hall–Kier alpha value is -1.13. The van der Waals surface area contributed by atoms with Crippen molar-refractivity contribution in [2.24, 2.45) is 0 Å². The Morgan fingerprint density at radius 3 is 2.76 bits per heavy atom. The zero-order valence-corrected chi connectivity index (χ0v) is 10.0.